The lowest BCUT2D eigenvalue weighted by atomic mass is 10.1. The molecule has 0 saturated carbocycles. The van der Waals surface area contributed by atoms with Gasteiger partial charge in [-0.1, -0.05) is 28.1 Å². The average molecular weight is 351 g/mol. The first-order valence-electron chi connectivity index (χ1n) is 6.59. The van der Waals surface area contributed by atoms with Crippen molar-refractivity contribution >= 4 is 27.5 Å². The molecule has 110 valence electrons. The molecular weight excluding hydrogens is 335 g/mol. The summed E-state index contributed by atoms with van der Waals surface area (Å²) in [6.07, 6.45) is 0. The number of halogens is 2. The highest BCUT2D eigenvalue weighted by Gasteiger charge is 2.08. The molecular formula is C16H16BrFN2O. The molecule has 0 aromatic heterocycles. The minimum Gasteiger partial charge on any atom is -0.325 e. The second-order valence-electron chi connectivity index (χ2n) is 4.71. The highest BCUT2D eigenvalue weighted by Crippen LogP contribution is 2.14. The fourth-order valence-electron chi connectivity index (χ4n) is 1.85. The number of hydrogen-bond acceptors (Lipinski definition) is 2. The summed E-state index contributed by atoms with van der Waals surface area (Å²) in [6.45, 7) is 2.12. The largest absolute Gasteiger partial charge is 0.325 e. The topological polar surface area (TPSA) is 41.1 Å². The summed E-state index contributed by atoms with van der Waals surface area (Å²) in [5.74, 6) is -0.384. The van der Waals surface area contributed by atoms with Gasteiger partial charge in [0.1, 0.15) is 5.82 Å². The number of benzene rings is 2. The minimum absolute atomic E-state index is 0.0266. The predicted octanol–water partition coefficient (Wildman–Crippen LogP) is 3.88. The van der Waals surface area contributed by atoms with E-state index in [9.17, 15) is 9.18 Å². The molecule has 2 N–H and O–H groups in total. The first-order chi connectivity index (χ1) is 10.0. The molecule has 0 unspecified atom stereocenters. The number of nitrogens with one attached hydrogen (secondary N) is 2. The lowest BCUT2D eigenvalue weighted by molar-refractivity contribution is -0.115. The first-order valence-corrected chi connectivity index (χ1v) is 7.38. The summed E-state index contributed by atoms with van der Waals surface area (Å²) in [4.78, 5) is 11.8. The quantitative estimate of drug-likeness (QED) is 0.859. The van der Waals surface area contributed by atoms with E-state index >= 15 is 0 Å². The van der Waals surface area contributed by atoms with Crippen molar-refractivity contribution in [2.75, 3.05) is 11.9 Å². The third-order valence-electron chi connectivity index (χ3n) is 3.07. The molecule has 0 heterocycles. The molecule has 21 heavy (non-hydrogen) atoms. The third-order valence-corrected chi connectivity index (χ3v) is 3.60. The van der Waals surface area contributed by atoms with Crippen molar-refractivity contribution in [3.63, 3.8) is 0 Å². The predicted molar refractivity (Wildman–Crippen MR) is 85.6 cm³/mol. The normalized spacial score (nSPS) is 12.0. The Bertz CT molecular complexity index is 599. The Labute approximate surface area is 131 Å². The lowest BCUT2D eigenvalue weighted by Gasteiger charge is -2.14. The Morgan fingerprint density at radius 3 is 2.38 bits per heavy atom. The number of hydrogen-bond donors (Lipinski definition) is 2. The van der Waals surface area contributed by atoms with Crippen LogP contribution in [0.2, 0.25) is 0 Å². The van der Waals surface area contributed by atoms with Crippen LogP contribution in [0.5, 0.6) is 0 Å². The summed E-state index contributed by atoms with van der Waals surface area (Å²) >= 11 is 3.34. The number of carbonyl (C=O) groups is 1. The maximum absolute atomic E-state index is 12.8. The zero-order chi connectivity index (χ0) is 15.2. The fourth-order valence-corrected chi connectivity index (χ4v) is 2.12. The fraction of sp³-hybridized carbons (Fsp3) is 0.188. The minimum atomic E-state index is -0.265. The van der Waals surface area contributed by atoms with Gasteiger partial charge in [0, 0.05) is 16.2 Å². The Balaban J connectivity index is 1.83. The van der Waals surface area contributed by atoms with Crippen LogP contribution in [-0.2, 0) is 4.79 Å². The molecule has 3 nitrogen and oxygen atoms in total. The zero-order valence-corrected chi connectivity index (χ0v) is 13.2. The van der Waals surface area contributed by atoms with Crippen LogP contribution in [0, 0.1) is 5.82 Å². The molecule has 0 aliphatic rings. The van der Waals surface area contributed by atoms with Crippen molar-refractivity contribution in [1.29, 1.82) is 0 Å². The standard InChI is InChI=1S/C16H16BrFN2O/c1-11(12-2-6-14(18)7-3-12)19-10-16(21)20-15-8-4-13(17)5-9-15/h2-9,11,19H,10H2,1H3,(H,20,21)/t11-/m1/s1. The number of amides is 1. The Morgan fingerprint density at radius 2 is 1.76 bits per heavy atom. The highest BCUT2D eigenvalue weighted by atomic mass is 79.9. The molecule has 0 bridgehead atoms. The van der Waals surface area contributed by atoms with Crippen LogP contribution in [0.4, 0.5) is 10.1 Å². The number of anilines is 1. The Hall–Kier alpha value is -1.72. The average Bonchev–Trinajstić information content (AvgIpc) is 2.48. The maximum Gasteiger partial charge on any atom is 0.238 e. The van der Waals surface area contributed by atoms with Crippen molar-refractivity contribution in [1.82, 2.24) is 5.32 Å². The van der Waals surface area contributed by atoms with Gasteiger partial charge in [-0.25, -0.2) is 4.39 Å². The van der Waals surface area contributed by atoms with E-state index < -0.39 is 0 Å². The molecule has 1 atom stereocenters. The van der Waals surface area contributed by atoms with Gasteiger partial charge in [-0.2, -0.15) is 0 Å². The van der Waals surface area contributed by atoms with E-state index in [2.05, 4.69) is 26.6 Å². The molecule has 2 aromatic carbocycles. The lowest BCUT2D eigenvalue weighted by Crippen LogP contribution is -2.30. The van der Waals surface area contributed by atoms with E-state index in [0.717, 1.165) is 15.7 Å². The van der Waals surface area contributed by atoms with Gasteiger partial charge in [-0.05, 0) is 48.9 Å². The second-order valence-corrected chi connectivity index (χ2v) is 5.62. The molecule has 0 saturated heterocycles. The number of carbonyl (C=O) groups excluding carboxylic acids is 1. The zero-order valence-electron chi connectivity index (χ0n) is 11.6. The van der Waals surface area contributed by atoms with E-state index in [0.29, 0.717) is 0 Å². The van der Waals surface area contributed by atoms with Crippen molar-refractivity contribution < 1.29 is 9.18 Å². The molecule has 2 aromatic rings. The SMILES string of the molecule is C[C@@H](NCC(=O)Nc1ccc(Br)cc1)c1ccc(F)cc1. The van der Waals surface area contributed by atoms with Crippen LogP contribution in [-0.4, -0.2) is 12.5 Å². The molecule has 0 aliphatic heterocycles. The molecule has 1 amide bonds. The summed E-state index contributed by atoms with van der Waals surface area (Å²) in [5, 5.41) is 5.91. The van der Waals surface area contributed by atoms with Crippen LogP contribution in [0.25, 0.3) is 0 Å². The number of rotatable bonds is 5. The Kier molecular flexibility index (Phi) is 5.47. The van der Waals surface area contributed by atoms with Gasteiger partial charge in [0.15, 0.2) is 0 Å². The Morgan fingerprint density at radius 1 is 1.14 bits per heavy atom. The first kappa shape index (κ1) is 15.7. The van der Waals surface area contributed by atoms with Crippen molar-refractivity contribution in [3.8, 4) is 0 Å². The van der Waals surface area contributed by atoms with Crippen molar-refractivity contribution in [2.24, 2.45) is 0 Å². The molecule has 5 heteroatoms. The van der Waals surface area contributed by atoms with Crippen LogP contribution >= 0.6 is 15.9 Å². The smallest absolute Gasteiger partial charge is 0.238 e. The van der Waals surface area contributed by atoms with Gasteiger partial charge in [0.25, 0.3) is 0 Å². The molecule has 0 fully saturated rings. The molecule has 0 aliphatic carbocycles. The van der Waals surface area contributed by atoms with E-state index in [1.807, 2.05) is 31.2 Å². The van der Waals surface area contributed by atoms with Gasteiger partial charge < -0.3 is 10.6 Å². The summed E-state index contributed by atoms with van der Waals surface area (Å²) in [7, 11) is 0. The summed E-state index contributed by atoms with van der Waals surface area (Å²) in [5.41, 5.74) is 1.69. The molecule has 0 spiro atoms. The highest BCUT2D eigenvalue weighted by molar-refractivity contribution is 9.10. The van der Waals surface area contributed by atoms with Gasteiger partial charge in [-0.3, -0.25) is 4.79 Å². The van der Waals surface area contributed by atoms with Crippen LogP contribution < -0.4 is 10.6 Å². The van der Waals surface area contributed by atoms with Crippen LogP contribution in [0.15, 0.2) is 53.0 Å². The van der Waals surface area contributed by atoms with Gasteiger partial charge in [0.2, 0.25) is 5.91 Å². The van der Waals surface area contributed by atoms with Gasteiger partial charge >= 0.3 is 0 Å². The van der Waals surface area contributed by atoms with Gasteiger partial charge in [0.05, 0.1) is 6.54 Å². The maximum atomic E-state index is 12.8. The van der Waals surface area contributed by atoms with E-state index in [4.69, 9.17) is 0 Å². The third kappa shape index (κ3) is 4.95. The van der Waals surface area contributed by atoms with Crippen molar-refractivity contribution in [2.45, 2.75) is 13.0 Å². The molecule has 2 rings (SSSR count). The van der Waals surface area contributed by atoms with Crippen LogP contribution in [0.1, 0.15) is 18.5 Å². The second kappa shape index (κ2) is 7.33. The monoisotopic (exact) mass is 350 g/mol. The summed E-state index contributed by atoms with van der Waals surface area (Å²) in [6, 6.07) is 13.6. The van der Waals surface area contributed by atoms with Crippen LogP contribution in [0.3, 0.4) is 0 Å². The molecule has 0 radical (unpaired) electrons. The van der Waals surface area contributed by atoms with E-state index in [1.165, 1.54) is 12.1 Å². The van der Waals surface area contributed by atoms with E-state index in [-0.39, 0.29) is 24.3 Å². The summed E-state index contributed by atoms with van der Waals surface area (Å²) < 4.78 is 13.8. The van der Waals surface area contributed by atoms with Crippen molar-refractivity contribution in [3.05, 3.63) is 64.4 Å². The van der Waals surface area contributed by atoms with Gasteiger partial charge in [-0.15, -0.1) is 0 Å². The van der Waals surface area contributed by atoms with E-state index in [1.54, 1.807) is 12.1 Å².